The highest BCUT2D eigenvalue weighted by Gasteiger charge is 2.36. The normalized spacial score (nSPS) is 20.7. The maximum absolute atomic E-state index is 11.6. The molecule has 0 fully saturated rings. The first-order chi connectivity index (χ1) is 11.1. The van der Waals surface area contributed by atoms with Crippen LogP contribution >= 0.6 is 20.0 Å². The second-order valence-electron chi connectivity index (χ2n) is 7.02. The van der Waals surface area contributed by atoms with Gasteiger partial charge in [-0.1, -0.05) is 33.8 Å². The zero-order chi connectivity index (χ0) is 18.5. The van der Waals surface area contributed by atoms with Gasteiger partial charge in [0.25, 0.3) is 0 Å². The monoisotopic (exact) mass is 430 g/mol. The van der Waals surface area contributed by atoms with Crippen molar-refractivity contribution in [1.82, 2.24) is 22.5 Å². The van der Waals surface area contributed by atoms with Crippen molar-refractivity contribution in [2.24, 2.45) is 11.8 Å². The van der Waals surface area contributed by atoms with Crippen LogP contribution in [0.2, 0.25) is 0 Å². The van der Waals surface area contributed by atoms with Gasteiger partial charge in [-0.2, -0.15) is 0 Å². The molecule has 0 saturated carbocycles. The number of nitrogens with one attached hydrogen (secondary N) is 1. The van der Waals surface area contributed by atoms with Crippen molar-refractivity contribution in [1.29, 1.82) is 0 Å². The van der Waals surface area contributed by atoms with Crippen molar-refractivity contribution in [3.05, 3.63) is 11.4 Å². The minimum absolute atomic E-state index is 0. The number of nitrogens with zero attached hydrogens (tertiary/aromatic N) is 1. The van der Waals surface area contributed by atoms with Gasteiger partial charge in [0.15, 0.2) is 0 Å². The Bertz CT molecular complexity index is 509. The standard InChI is InChI=1S/C17H33N2O4P.ClH.2H3N/c1-6-19(7-2)17-11-14(24(21,22)23)8-9-15(17)16(10-12(3)4)18-13(5)20;;;/h8,12,15-17H,6-7,9-11H2,1-5H3,(H,18,20)(H2,21,22,23);1H;2*1H3. The fraction of sp³-hybridized carbons (Fsp3) is 0.824. The summed E-state index contributed by atoms with van der Waals surface area (Å²) in [5.41, 5.74) is 0. The Morgan fingerprint density at radius 3 is 2.19 bits per heavy atom. The van der Waals surface area contributed by atoms with Gasteiger partial charge in [-0.05, 0) is 57.1 Å². The molecule has 0 saturated heterocycles. The number of halogens is 1. The van der Waals surface area contributed by atoms with Crippen LogP contribution in [-0.4, -0.2) is 36.0 Å². The Labute approximate surface area is 170 Å². The minimum atomic E-state index is -4.70. The van der Waals surface area contributed by atoms with E-state index in [1.807, 2.05) is 13.8 Å². The van der Waals surface area contributed by atoms with Crippen molar-refractivity contribution in [3.63, 3.8) is 0 Å². The van der Waals surface area contributed by atoms with Crippen LogP contribution < -0.4 is 27.4 Å². The lowest BCUT2D eigenvalue weighted by Gasteiger charge is -2.46. The predicted molar refractivity (Wildman–Crippen MR) is 111 cm³/mol. The SMILES string of the molecule is CCN(CC)C1CC(P(=O)([O-])[O-])=CCC1C(CC(C)C)NC(C)=O.Cl.[NH4+].[NH4+]. The maximum atomic E-state index is 11.6. The van der Waals surface area contributed by atoms with Crippen LogP contribution in [0, 0.1) is 11.8 Å². The van der Waals surface area contributed by atoms with Gasteiger partial charge >= 0.3 is 0 Å². The number of rotatable bonds is 8. The Hall–Kier alpha value is -0.470. The Balaban J connectivity index is -0.00000192. The molecule has 0 aromatic carbocycles. The highest BCUT2D eigenvalue weighted by atomic mass is 35.5. The minimum Gasteiger partial charge on any atom is -0.808 e. The zero-order valence-corrected chi connectivity index (χ0v) is 19.6. The van der Waals surface area contributed by atoms with Crippen LogP contribution in [0.1, 0.15) is 53.9 Å². The van der Waals surface area contributed by atoms with Crippen molar-refractivity contribution in [2.45, 2.75) is 66.0 Å². The fourth-order valence-corrected chi connectivity index (χ4v) is 4.48. The van der Waals surface area contributed by atoms with E-state index in [-0.39, 0.29) is 60.4 Å². The molecule has 1 rings (SSSR count). The summed E-state index contributed by atoms with van der Waals surface area (Å²) in [6.45, 7) is 11.3. The number of carbonyl (C=O) groups is 1. The summed E-state index contributed by atoms with van der Waals surface area (Å²) in [5.74, 6) is 0.438. The van der Waals surface area contributed by atoms with E-state index in [0.29, 0.717) is 12.3 Å². The molecule has 0 bridgehead atoms. The molecular formula is C17H40ClN4O4P. The number of quaternary nitrogens is 2. The van der Waals surface area contributed by atoms with E-state index in [2.05, 4.69) is 24.1 Å². The Morgan fingerprint density at radius 1 is 1.30 bits per heavy atom. The molecule has 0 heterocycles. The van der Waals surface area contributed by atoms with Gasteiger partial charge in [-0.3, -0.25) is 4.79 Å². The van der Waals surface area contributed by atoms with E-state index in [1.54, 1.807) is 6.08 Å². The quantitative estimate of drug-likeness (QED) is 0.502. The van der Waals surface area contributed by atoms with Gasteiger partial charge in [0, 0.05) is 19.0 Å². The molecular weight excluding hydrogens is 391 g/mol. The van der Waals surface area contributed by atoms with E-state index in [4.69, 9.17) is 0 Å². The lowest BCUT2D eigenvalue weighted by Crippen LogP contribution is -2.52. The highest BCUT2D eigenvalue weighted by Crippen LogP contribution is 2.45. The molecule has 0 aromatic rings. The molecule has 3 unspecified atom stereocenters. The predicted octanol–water partition coefficient (Wildman–Crippen LogP) is 2.63. The molecule has 9 N–H and O–H groups in total. The van der Waals surface area contributed by atoms with Crippen molar-refractivity contribution in [3.8, 4) is 0 Å². The first kappa shape index (κ1) is 31.2. The van der Waals surface area contributed by atoms with Crippen LogP contribution in [-0.2, 0) is 9.36 Å². The second kappa shape index (κ2) is 13.7. The van der Waals surface area contributed by atoms with E-state index < -0.39 is 7.60 Å². The lowest BCUT2D eigenvalue weighted by atomic mass is 9.79. The van der Waals surface area contributed by atoms with Gasteiger partial charge in [-0.15, -0.1) is 12.4 Å². The summed E-state index contributed by atoms with van der Waals surface area (Å²) < 4.78 is 11.5. The average Bonchev–Trinajstić information content (AvgIpc) is 2.46. The fourth-order valence-electron chi connectivity index (χ4n) is 3.74. The van der Waals surface area contributed by atoms with Crippen molar-refractivity contribution < 1.29 is 19.1 Å². The number of hydrogen-bond donors (Lipinski definition) is 3. The largest absolute Gasteiger partial charge is 0.808 e. The Kier molecular flexibility index (Phi) is 15.8. The molecule has 0 aromatic heterocycles. The first-order valence-electron chi connectivity index (χ1n) is 8.82. The van der Waals surface area contributed by atoms with Crippen molar-refractivity contribution in [2.75, 3.05) is 13.1 Å². The molecule has 10 heteroatoms. The molecule has 1 aliphatic carbocycles. The van der Waals surface area contributed by atoms with E-state index in [0.717, 1.165) is 19.5 Å². The molecule has 0 aliphatic heterocycles. The lowest BCUT2D eigenvalue weighted by molar-refractivity contribution is -0.310. The van der Waals surface area contributed by atoms with Crippen LogP contribution in [0.3, 0.4) is 0 Å². The molecule has 3 atom stereocenters. The third kappa shape index (κ3) is 9.52. The molecule has 1 aliphatic rings. The third-order valence-electron chi connectivity index (χ3n) is 4.80. The van der Waals surface area contributed by atoms with Gasteiger partial charge < -0.3 is 36.9 Å². The van der Waals surface area contributed by atoms with Gasteiger partial charge in [0.2, 0.25) is 5.91 Å². The molecule has 0 spiro atoms. The summed E-state index contributed by atoms with van der Waals surface area (Å²) in [6, 6.07) is -0.0737. The van der Waals surface area contributed by atoms with Crippen LogP contribution in [0.15, 0.2) is 11.4 Å². The Morgan fingerprint density at radius 2 is 1.81 bits per heavy atom. The summed E-state index contributed by atoms with van der Waals surface area (Å²) in [5, 5.41) is 3.06. The second-order valence-corrected chi connectivity index (χ2v) is 8.59. The van der Waals surface area contributed by atoms with Gasteiger partial charge in [0.1, 0.15) is 0 Å². The summed E-state index contributed by atoms with van der Waals surface area (Å²) in [7, 11) is -4.70. The van der Waals surface area contributed by atoms with Crippen LogP contribution in [0.5, 0.6) is 0 Å². The van der Waals surface area contributed by atoms with E-state index >= 15 is 0 Å². The number of amides is 1. The molecule has 27 heavy (non-hydrogen) atoms. The summed E-state index contributed by atoms with van der Waals surface area (Å²) in [4.78, 5) is 36.8. The highest BCUT2D eigenvalue weighted by molar-refractivity contribution is 7.53. The first-order valence-corrected chi connectivity index (χ1v) is 10.4. The molecule has 164 valence electrons. The topological polar surface area (TPSA) is 169 Å². The number of hydrogen-bond acceptors (Lipinski definition) is 5. The number of carbonyl (C=O) groups excluding carboxylic acids is 1. The van der Waals surface area contributed by atoms with Crippen molar-refractivity contribution >= 4 is 25.9 Å². The summed E-state index contributed by atoms with van der Waals surface area (Å²) >= 11 is 0. The molecule has 1 amide bonds. The average molecular weight is 431 g/mol. The maximum Gasteiger partial charge on any atom is 0.217 e. The zero-order valence-electron chi connectivity index (χ0n) is 17.9. The van der Waals surface area contributed by atoms with Crippen LogP contribution in [0.4, 0.5) is 0 Å². The molecule has 0 radical (unpaired) electrons. The van der Waals surface area contributed by atoms with E-state index in [1.165, 1.54) is 6.92 Å². The van der Waals surface area contributed by atoms with Gasteiger partial charge in [0.05, 0.1) is 0 Å². The third-order valence-corrected chi connectivity index (χ3v) is 5.87. The number of allylic oxidation sites excluding steroid dienone is 1. The van der Waals surface area contributed by atoms with E-state index in [9.17, 15) is 19.1 Å². The summed E-state index contributed by atoms with van der Waals surface area (Å²) in [6.07, 6.45) is 3.14. The smallest absolute Gasteiger partial charge is 0.217 e. The molecule has 8 nitrogen and oxygen atoms in total. The van der Waals surface area contributed by atoms with Crippen LogP contribution in [0.25, 0.3) is 0 Å². The van der Waals surface area contributed by atoms with Gasteiger partial charge in [-0.25, -0.2) is 0 Å².